The summed E-state index contributed by atoms with van der Waals surface area (Å²) in [7, 11) is -2.44. The smallest absolute Gasteiger partial charge is 0.408 e. The summed E-state index contributed by atoms with van der Waals surface area (Å²) in [6.07, 6.45) is 5.98. The van der Waals surface area contributed by atoms with Crippen LogP contribution >= 0.6 is 0 Å². The number of hydrogen-bond donors (Lipinski definition) is 3. The molecule has 1 saturated heterocycles. The zero-order valence-electron chi connectivity index (χ0n) is 33.3. The minimum Gasteiger partial charge on any atom is -0.493 e. The molecule has 2 aliphatic heterocycles. The van der Waals surface area contributed by atoms with E-state index in [-0.39, 0.29) is 37.1 Å². The van der Waals surface area contributed by atoms with Crippen molar-refractivity contribution in [1.82, 2.24) is 25.2 Å². The van der Waals surface area contributed by atoms with Crippen LogP contribution in [0.25, 0.3) is 33.0 Å². The molecule has 17 heteroatoms. The molecule has 4 aliphatic rings. The summed E-state index contributed by atoms with van der Waals surface area (Å²) < 4.78 is 67.0. The van der Waals surface area contributed by atoms with Gasteiger partial charge in [-0.1, -0.05) is 31.1 Å². The summed E-state index contributed by atoms with van der Waals surface area (Å²) in [5.41, 5.74) is -0.996. The van der Waals surface area contributed by atoms with Gasteiger partial charge < -0.3 is 34.2 Å². The molecular weight excluding hydrogens is 786 g/mol. The van der Waals surface area contributed by atoms with E-state index < -0.39 is 80.2 Å². The van der Waals surface area contributed by atoms with Gasteiger partial charge in [0.05, 0.1) is 29.8 Å². The third kappa shape index (κ3) is 8.13. The quantitative estimate of drug-likeness (QED) is 0.198. The van der Waals surface area contributed by atoms with Crippen molar-refractivity contribution in [2.24, 2.45) is 5.92 Å². The number of hydrogen-bond acceptors (Lipinski definition) is 11. The van der Waals surface area contributed by atoms with Crippen molar-refractivity contribution < 1.29 is 50.6 Å². The van der Waals surface area contributed by atoms with Crippen molar-refractivity contribution in [1.29, 1.82) is 0 Å². The van der Waals surface area contributed by atoms with Crippen molar-refractivity contribution in [3.8, 4) is 11.5 Å². The number of carbonyl (C=O) groups excluding carboxylic acids is 4. The van der Waals surface area contributed by atoms with E-state index in [1.54, 1.807) is 32.9 Å². The molecule has 59 heavy (non-hydrogen) atoms. The van der Waals surface area contributed by atoms with Crippen molar-refractivity contribution >= 4 is 66.8 Å². The van der Waals surface area contributed by atoms with Gasteiger partial charge in [0.15, 0.2) is 22.7 Å². The molecule has 0 bridgehead atoms. The number of ether oxygens (including phenoxy) is 3. The molecule has 4 heterocycles. The Morgan fingerprint density at radius 3 is 2.59 bits per heavy atom. The summed E-state index contributed by atoms with van der Waals surface area (Å²) in [5, 5.41) is 5.84. The van der Waals surface area contributed by atoms with Gasteiger partial charge in [-0.25, -0.2) is 22.6 Å². The molecule has 8 rings (SSSR count). The number of pyridine rings is 1. The van der Waals surface area contributed by atoms with Gasteiger partial charge >= 0.3 is 6.09 Å². The van der Waals surface area contributed by atoms with Crippen LogP contribution in [-0.2, 0) is 29.1 Å². The molecule has 5 atom stereocenters. The number of para-hydroxylation sites is 1. The number of rotatable bonds is 7. The van der Waals surface area contributed by atoms with Gasteiger partial charge in [-0.3, -0.25) is 19.1 Å². The largest absolute Gasteiger partial charge is 0.493 e. The fourth-order valence-corrected chi connectivity index (χ4v) is 9.48. The topological polar surface area (TPSA) is 195 Å². The number of halogens is 1. The summed E-state index contributed by atoms with van der Waals surface area (Å²) >= 11 is 0. The van der Waals surface area contributed by atoms with Gasteiger partial charge in [0.2, 0.25) is 21.8 Å². The first-order valence-electron chi connectivity index (χ1n) is 20.1. The fourth-order valence-electron chi connectivity index (χ4n) is 8.12. The minimum atomic E-state index is -3.95. The molecule has 0 spiro atoms. The van der Waals surface area contributed by atoms with Gasteiger partial charge in [-0.15, -0.1) is 0 Å². The third-order valence-corrected chi connectivity index (χ3v) is 13.2. The lowest BCUT2D eigenvalue weighted by Gasteiger charge is -2.30. The molecule has 4 amide bonds. The van der Waals surface area contributed by atoms with Gasteiger partial charge in [0, 0.05) is 17.7 Å². The second-order valence-electron chi connectivity index (χ2n) is 16.9. The predicted molar refractivity (Wildman–Crippen MR) is 215 cm³/mol. The highest BCUT2D eigenvalue weighted by atomic mass is 32.2. The van der Waals surface area contributed by atoms with E-state index in [4.69, 9.17) is 23.6 Å². The highest BCUT2D eigenvalue weighted by molar-refractivity contribution is 7.91. The number of sulfonamides is 1. The van der Waals surface area contributed by atoms with Crippen LogP contribution in [0, 0.1) is 11.7 Å². The predicted octanol–water partition coefficient (Wildman–Crippen LogP) is 5.53. The first-order valence-corrected chi connectivity index (χ1v) is 21.6. The Kier molecular flexibility index (Phi) is 10.5. The Morgan fingerprint density at radius 1 is 1.05 bits per heavy atom. The molecule has 0 radical (unpaired) electrons. The number of methoxy groups -OCH3 is 1. The van der Waals surface area contributed by atoms with Gasteiger partial charge in [-0.2, -0.15) is 0 Å². The van der Waals surface area contributed by atoms with Crippen LogP contribution in [0.15, 0.2) is 53.0 Å². The zero-order valence-corrected chi connectivity index (χ0v) is 34.2. The Balaban J connectivity index is 1.17. The maximum atomic E-state index is 14.9. The van der Waals surface area contributed by atoms with Crippen molar-refractivity contribution in [3.05, 3.63) is 54.4 Å². The average Bonchev–Trinajstić information content (AvgIpc) is 4.07. The zero-order chi connectivity index (χ0) is 41.9. The van der Waals surface area contributed by atoms with Crippen molar-refractivity contribution in [3.63, 3.8) is 0 Å². The molecule has 15 nitrogen and oxygen atoms in total. The first-order chi connectivity index (χ1) is 28.1. The summed E-state index contributed by atoms with van der Waals surface area (Å²) in [5.74, 6) is -2.56. The highest BCUT2D eigenvalue weighted by Gasteiger charge is 2.62. The number of amides is 4. The molecule has 2 aliphatic carbocycles. The van der Waals surface area contributed by atoms with E-state index in [1.165, 1.54) is 30.2 Å². The van der Waals surface area contributed by atoms with Crippen LogP contribution in [0.5, 0.6) is 11.5 Å². The minimum absolute atomic E-state index is 0.0838. The average molecular weight is 834 g/mol. The molecule has 2 saturated carbocycles. The Hall–Kier alpha value is -5.45. The Morgan fingerprint density at radius 2 is 1.85 bits per heavy atom. The number of allylic oxidation sites excluding steroid dienone is 1. The lowest BCUT2D eigenvalue weighted by atomic mass is 10.0. The summed E-state index contributed by atoms with van der Waals surface area (Å²) in [6.45, 7) is 4.97. The maximum Gasteiger partial charge on any atom is 0.408 e. The van der Waals surface area contributed by atoms with Crippen LogP contribution in [0.3, 0.4) is 0 Å². The second-order valence-corrected chi connectivity index (χ2v) is 18.9. The van der Waals surface area contributed by atoms with Gasteiger partial charge in [0.25, 0.3) is 5.91 Å². The number of furan rings is 1. The third-order valence-electron chi connectivity index (χ3n) is 11.3. The van der Waals surface area contributed by atoms with Crippen LogP contribution < -0.4 is 24.8 Å². The molecule has 2 aromatic carbocycles. The summed E-state index contributed by atoms with van der Waals surface area (Å²) in [6, 6.07) is 7.09. The van der Waals surface area contributed by atoms with E-state index in [2.05, 4.69) is 15.4 Å². The molecule has 2 aromatic heterocycles. The first kappa shape index (κ1) is 40.3. The van der Waals surface area contributed by atoms with Crippen molar-refractivity contribution in [2.45, 2.75) is 113 Å². The molecule has 3 fully saturated rings. The van der Waals surface area contributed by atoms with Gasteiger partial charge in [-0.05, 0) is 89.6 Å². The Bertz CT molecular complexity index is 2500. The van der Waals surface area contributed by atoms with E-state index in [0.29, 0.717) is 58.8 Å². The second kappa shape index (κ2) is 15.3. The van der Waals surface area contributed by atoms with E-state index in [0.717, 1.165) is 12.8 Å². The number of nitrogens with one attached hydrogen (secondary N) is 3. The molecular formula is C42H48FN5O10S. The number of aromatic nitrogens is 1. The molecule has 3 N–H and O–H groups in total. The molecule has 314 valence electrons. The highest BCUT2D eigenvalue weighted by Crippen LogP contribution is 2.47. The standard InChI is InChI=1S/C42H48FN5O10S/c1-41(2,3)58-40(52)45-30-13-9-7-5-6-8-11-23-21-42(23,39(51)47-59(53,54)26-16-17-26)46-37(49)31-20-25(22-48(31)38(30)50)56-35-28-19-24(43)15-18-29(28)44-33-27-12-10-14-32(55-4)34(27)57-36(33)35/h8,10-12,14-15,18-19,23,25-26,30-31H,5-7,9,13,16-17,20-22H2,1-4H3,(H,45,52)(H,46,49)(H,47,51)/b11-8-/t23-,25-,30+,31+,42-/m1/s1. The normalized spacial score (nSPS) is 25.9. The lowest BCUT2D eigenvalue weighted by Crippen LogP contribution is -2.58. The van der Waals surface area contributed by atoms with E-state index >= 15 is 0 Å². The number of benzene rings is 2. The SMILES string of the molecule is COc1cccc2c1oc1c(O[C@@H]3C[C@H]4C(=O)N[C@]5(C(=O)NS(=O)(=O)C6CC6)C[C@H]5/C=C\CCCCC[C@H](NC(=O)OC(C)(C)C)C(=O)N4C3)c3cc(F)ccc3nc12. The van der Waals surface area contributed by atoms with Crippen LogP contribution in [0.2, 0.25) is 0 Å². The molecule has 4 aromatic rings. The number of fused-ring (bicyclic) bond motifs is 6. The van der Waals surface area contributed by atoms with Crippen LogP contribution in [0.4, 0.5) is 9.18 Å². The van der Waals surface area contributed by atoms with E-state index in [1.807, 2.05) is 18.2 Å². The van der Waals surface area contributed by atoms with Crippen molar-refractivity contribution in [2.75, 3.05) is 13.7 Å². The van der Waals surface area contributed by atoms with E-state index in [9.17, 15) is 32.0 Å². The molecule has 0 unspecified atom stereocenters. The number of nitrogens with zero attached hydrogens (tertiary/aromatic N) is 2. The summed E-state index contributed by atoms with van der Waals surface area (Å²) in [4.78, 5) is 62.3. The monoisotopic (exact) mass is 833 g/mol. The number of alkyl carbamates (subject to hydrolysis) is 1. The van der Waals surface area contributed by atoms with Gasteiger partial charge in [0.1, 0.15) is 40.7 Å². The van der Waals surface area contributed by atoms with Crippen LogP contribution in [-0.4, -0.2) is 90.3 Å². The lowest BCUT2D eigenvalue weighted by molar-refractivity contribution is -0.141. The maximum absolute atomic E-state index is 14.9. The fraction of sp³-hybridized carbons (Fsp3) is 0.500. The number of carbonyl (C=O) groups is 4. The van der Waals surface area contributed by atoms with Crippen LogP contribution in [0.1, 0.15) is 78.6 Å². The Labute approximate surface area is 340 Å².